The molecule has 0 unspecified atom stereocenters. The Morgan fingerprint density at radius 1 is 0.818 bits per heavy atom. The molecule has 0 fully saturated rings. The van der Waals surface area contributed by atoms with Crippen LogP contribution in [0.4, 0.5) is 18.9 Å². The minimum absolute atomic E-state index is 0.0530. The van der Waals surface area contributed by atoms with Crippen molar-refractivity contribution in [1.29, 1.82) is 0 Å². The van der Waals surface area contributed by atoms with E-state index in [1.165, 1.54) is 6.07 Å². The maximum atomic E-state index is 12.6. The highest BCUT2D eigenvalue weighted by Gasteiger charge is 2.31. The van der Waals surface area contributed by atoms with E-state index in [0.717, 1.165) is 22.9 Å². The zero-order valence-electron chi connectivity index (χ0n) is 11.4. The number of hydrogen-bond donors (Lipinski definition) is 1. The van der Waals surface area contributed by atoms with Crippen LogP contribution in [-0.4, -0.2) is 0 Å². The molecule has 0 bridgehead atoms. The number of anilines is 1. The number of rotatable bonds is 2. The molecule has 2 N–H and O–H groups in total. The lowest BCUT2D eigenvalue weighted by Crippen LogP contribution is -2.06. The molecular weight excluding hydrogens is 291 g/mol. The molecule has 3 aromatic rings. The predicted octanol–water partition coefficient (Wildman–Crippen LogP) is 5.23. The second kappa shape index (κ2) is 5.26. The van der Waals surface area contributed by atoms with Crippen molar-refractivity contribution in [2.75, 3.05) is 5.73 Å². The highest BCUT2D eigenvalue weighted by molar-refractivity contribution is 5.88. The van der Waals surface area contributed by atoms with Crippen molar-refractivity contribution < 1.29 is 17.9 Å². The van der Waals surface area contributed by atoms with Gasteiger partial charge in [0.25, 0.3) is 0 Å². The Balaban J connectivity index is 1.99. The standard InChI is InChI=1S/C17H12F3NO/c18-17(19,20)12-8-9-16(14(21)10-12)22-15-7-3-5-11-4-1-2-6-13(11)15/h1-10H,21H2. The Morgan fingerprint density at radius 3 is 2.27 bits per heavy atom. The van der Waals surface area contributed by atoms with Crippen molar-refractivity contribution in [3.05, 3.63) is 66.2 Å². The van der Waals surface area contributed by atoms with E-state index in [2.05, 4.69) is 0 Å². The van der Waals surface area contributed by atoms with Crippen LogP contribution in [0.3, 0.4) is 0 Å². The molecule has 0 saturated carbocycles. The number of benzene rings is 3. The van der Waals surface area contributed by atoms with E-state index in [-0.39, 0.29) is 11.4 Å². The number of nitrogens with two attached hydrogens (primary N) is 1. The summed E-state index contributed by atoms with van der Waals surface area (Å²) < 4.78 is 43.6. The van der Waals surface area contributed by atoms with Gasteiger partial charge in [0.2, 0.25) is 0 Å². The fraction of sp³-hybridized carbons (Fsp3) is 0.0588. The quantitative estimate of drug-likeness (QED) is 0.658. The average molecular weight is 303 g/mol. The molecule has 0 aliphatic heterocycles. The summed E-state index contributed by atoms with van der Waals surface area (Å²) in [6.45, 7) is 0. The summed E-state index contributed by atoms with van der Waals surface area (Å²) in [4.78, 5) is 0. The number of ether oxygens (including phenoxy) is 1. The van der Waals surface area contributed by atoms with Crippen LogP contribution in [0.2, 0.25) is 0 Å². The topological polar surface area (TPSA) is 35.2 Å². The smallest absolute Gasteiger partial charge is 0.416 e. The van der Waals surface area contributed by atoms with Crippen LogP contribution in [0.15, 0.2) is 60.7 Å². The molecule has 3 rings (SSSR count). The van der Waals surface area contributed by atoms with Gasteiger partial charge in [-0.2, -0.15) is 13.2 Å². The molecule has 0 aliphatic rings. The van der Waals surface area contributed by atoms with Gasteiger partial charge < -0.3 is 10.5 Å². The number of nitrogen functional groups attached to an aromatic ring is 1. The Kier molecular flexibility index (Phi) is 3.41. The van der Waals surface area contributed by atoms with E-state index in [1.807, 2.05) is 36.4 Å². The third kappa shape index (κ3) is 2.70. The summed E-state index contributed by atoms with van der Waals surface area (Å²) in [5.74, 6) is 0.744. The van der Waals surface area contributed by atoms with Crippen molar-refractivity contribution in [3.63, 3.8) is 0 Å². The Bertz CT molecular complexity index is 822. The zero-order valence-corrected chi connectivity index (χ0v) is 11.4. The molecule has 5 heteroatoms. The Morgan fingerprint density at radius 2 is 1.55 bits per heavy atom. The maximum Gasteiger partial charge on any atom is 0.416 e. The average Bonchev–Trinajstić information content (AvgIpc) is 2.48. The monoisotopic (exact) mass is 303 g/mol. The third-order valence-corrected chi connectivity index (χ3v) is 3.31. The van der Waals surface area contributed by atoms with E-state index in [1.54, 1.807) is 6.07 Å². The summed E-state index contributed by atoms with van der Waals surface area (Å²) in [5, 5.41) is 1.84. The van der Waals surface area contributed by atoms with Gasteiger partial charge in [0.1, 0.15) is 11.5 Å². The number of fused-ring (bicyclic) bond motifs is 1. The van der Waals surface area contributed by atoms with Crippen molar-refractivity contribution in [2.24, 2.45) is 0 Å². The molecule has 0 aliphatic carbocycles. The van der Waals surface area contributed by atoms with Gasteiger partial charge in [-0.1, -0.05) is 36.4 Å². The number of hydrogen-bond acceptors (Lipinski definition) is 2. The molecule has 0 heterocycles. The van der Waals surface area contributed by atoms with Crippen LogP contribution in [0.5, 0.6) is 11.5 Å². The van der Waals surface area contributed by atoms with Crippen LogP contribution in [-0.2, 0) is 6.18 Å². The highest BCUT2D eigenvalue weighted by atomic mass is 19.4. The van der Waals surface area contributed by atoms with Gasteiger partial charge in [0.05, 0.1) is 11.3 Å². The maximum absolute atomic E-state index is 12.6. The first kappa shape index (κ1) is 14.3. The normalized spacial score (nSPS) is 11.6. The van der Waals surface area contributed by atoms with Gasteiger partial charge in [-0.3, -0.25) is 0 Å². The molecule has 0 radical (unpaired) electrons. The molecule has 0 atom stereocenters. The fourth-order valence-corrected chi connectivity index (χ4v) is 2.22. The Hall–Kier alpha value is -2.69. The van der Waals surface area contributed by atoms with E-state index < -0.39 is 11.7 Å². The van der Waals surface area contributed by atoms with Crippen LogP contribution >= 0.6 is 0 Å². The van der Waals surface area contributed by atoms with Gasteiger partial charge in [-0.15, -0.1) is 0 Å². The predicted molar refractivity (Wildman–Crippen MR) is 79.9 cm³/mol. The summed E-state index contributed by atoms with van der Waals surface area (Å²) in [6, 6.07) is 16.1. The molecule has 22 heavy (non-hydrogen) atoms. The first-order valence-corrected chi connectivity index (χ1v) is 6.57. The van der Waals surface area contributed by atoms with E-state index in [0.29, 0.717) is 5.75 Å². The lowest BCUT2D eigenvalue weighted by Gasteiger charge is -2.13. The molecule has 0 saturated heterocycles. The van der Waals surface area contributed by atoms with Crippen molar-refractivity contribution in [3.8, 4) is 11.5 Å². The summed E-state index contributed by atoms with van der Waals surface area (Å²) in [5.41, 5.74) is 4.84. The SMILES string of the molecule is Nc1cc(C(F)(F)F)ccc1Oc1cccc2ccccc12. The zero-order chi connectivity index (χ0) is 15.7. The van der Waals surface area contributed by atoms with E-state index in [4.69, 9.17) is 10.5 Å². The molecule has 3 aromatic carbocycles. The lowest BCUT2D eigenvalue weighted by molar-refractivity contribution is -0.137. The van der Waals surface area contributed by atoms with Gasteiger partial charge in [-0.25, -0.2) is 0 Å². The van der Waals surface area contributed by atoms with Crippen LogP contribution in [0.25, 0.3) is 10.8 Å². The second-order valence-corrected chi connectivity index (χ2v) is 4.83. The minimum atomic E-state index is -4.42. The minimum Gasteiger partial charge on any atom is -0.455 e. The van der Waals surface area contributed by atoms with Crippen LogP contribution in [0, 0.1) is 0 Å². The van der Waals surface area contributed by atoms with Gasteiger partial charge in [0.15, 0.2) is 0 Å². The highest BCUT2D eigenvalue weighted by Crippen LogP contribution is 2.36. The van der Waals surface area contributed by atoms with Crippen molar-refractivity contribution in [1.82, 2.24) is 0 Å². The van der Waals surface area contributed by atoms with Crippen molar-refractivity contribution >= 4 is 16.5 Å². The van der Waals surface area contributed by atoms with E-state index in [9.17, 15) is 13.2 Å². The molecule has 0 spiro atoms. The molecule has 2 nitrogen and oxygen atoms in total. The largest absolute Gasteiger partial charge is 0.455 e. The van der Waals surface area contributed by atoms with Gasteiger partial charge in [-0.05, 0) is 29.7 Å². The summed E-state index contributed by atoms with van der Waals surface area (Å²) in [6.07, 6.45) is -4.42. The molecule has 112 valence electrons. The fourth-order valence-electron chi connectivity index (χ4n) is 2.22. The first-order valence-electron chi connectivity index (χ1n) is 6.57. The van der Waals surface area contributed by atoms with Crippen LogP contribution < -0.4 is 10.5 Å². The molecule has 0 amide bonds. The number of alkyl halides is 3. The van der Waals surface area contributed by atoms with Gasteiger partial charge >= 0.3 is 6.18 Å². The number of halogens is 3. The third-order valence-electron chi connectivity index (χ3n) is 3.31. The summed E-state index contributed by atoms with van der Waals surface area (Å²) >= 11 is 0. The van der Waals surface area contributed by atoms with E-state index >= 15 is 0 Å². The second-order valence-electron chi connectivity index (χ2n) is 4.83. The lowest BCUT2D eigenvalue weighted by atomic mass is 10.1. The molecule has 0 aromatic heterocycles. The van der Waals surface area contributed by atoms with Crippen LogP contribution in [0.1, 0.15) is 5.56 Å². The molecular formula is C17H12F3NO. The summed E-state index contributed by atoms with van der Waals surface area (Å²) in [7, 11) is 0. The first-order chi connectivity index (χ1) is 10.4. The van der Waals surface area contributed by atoms with Crippen molar-refractivity contribution in [2.45, 2.75) is 6.18 Å². The Labute approximate surface area is 124 Å². The van der Waals surface area contributed by atoms with Gasteiger partial charge in [0, 0.05) is 5.39 Å².